The smallest absolute Gasteiger partial charge is 0.260 e. The molecule has 0 saturated carbocycles. The molecule has 0 bridgehead atoms. The summed E-state index contributed by atoms with van der Waals surface area (Å²) in [6.45, 7) is 1.59. The van der Waals surface area contributed by atoms with Crippen LogP contribution in [0.25, 0.3) is 0 Å². The third kappa shape index (κ3) is 2.43. The lowest BCUT2D eigenvalue weighted by Crippen LogP contribution is -1.92. The summed E-state index contributed by atoms with van der Waals surface area (Å²) >= 11 is 1.11. The van der Waals surface area contributed by atoms with Crippen molar-refractivity contribution < 1.29 is 13.9 Å². The van der Waals surface area contributed by atoms with Gasteiger partial charge in [0.25, 0.3) is 5.22 Å². The van der Waals surface area contributed by atoms with Crippen LogP contribution in [0.1, 0.15) is 18.6 Å². The Kier molecular flexibility index (Phi) is 3.26. The minimum atomic E-state index is -0.671. The van der Waals surface area contributed by atoms with Crippen molar-refractivity contribution in [3.05, 3.63) is 42.0 Å². The van der Waals surface area contributed by atoms with Gasteiger partial charge in [0.15, 0.2) is 0 Å². The number of nitrogens with zero attached hydrogens (tertiary/aromatic N) is 1. The predicted molar refractivity (Wildman–Crippen MR) is 57.7 cm³/mol. The Hall–Kier alpha value is -1.33. The Morgan fingerprint density at radius 3 is 2.88 bits per heavy atom. The fourth-order valence-electron chi connectivity index (χ4n) is 1.21. The van der Waals surface area contributed by atoms with E-state index in [0.29, 0.717) is 15.7 Å². The number of halogens is 1. The molecule has 1 heterocycles. The summed E-state index contributed by atoms with van der Waals surface area (Å²) in [5, 5.41) is 9.68. The second-order valence-electron chi connectivity index (χ2n) is 3.27. The van der Waals surface area contributed by atoms with Gasteiger partial charge in [-0.2, -0.15) is 0 Å². The molecule has 1 aromatic carbocycles. The highest BCUT2D eigenvalue weighted by atomic mass is 32.2. The fourth-order valence-corrected chi connectivity index (χ4v) is 1.91. The summed E-state index contributed by atoms with van der Waals surface area (Å²) in [6.07, 6.45) is 2.27. The molecule has 84 valence electrons. The molecule has 0 radical (unpaired) electrons. The van der Waals surface area contributed by atoms with Gasteiger partial charge < -0.3 is 9.52 Å². The fraction of sp³-hybridized carbons (Fsp3) is 0.182. The average Bonchev–Trinajstić information content (AvgIpc) is 2.73. The Morgan fingerprint density at radius 2 is 2.31 bits per heavy atom. The minimum absolute atomic E-state index is 0.387. The summed E-state index contributed by atoms with van der Waals surface area (Å²) in [5.74, 6) is -0.387. The van der Waals surface area contributed by atoms with E-state index in [-0.39, 0.29) is 5.82 Å². The van der Waals surface area contributed by atoms with Crippen molar-refractivity contribution >= 4 is 11.8 Å². The van der Waals surface area contributed by atoms with E-state index in [2.05, 4.69) is 4.98 Å². The molecular formula is C11H10FNO2S. The molecule has 0 aliphatic heterocycles. The van der Waals surface area contributed by atoms with Gasteiger partial charge in [-0.15, -0.1) is 0 Å². The van der Waals surface area contributed by atoms with E-state index < -0.39 is 6.10 Å². The molecule has 0 aliphatic carbocycles. The molecule has 5 heteroatoms. The van der Waals surface area contributed by atoms with E-state index in [1.165, 1.54) is 18.5 Å². The second-order valence-corrected chi connectivity index (χ2v) is 4.26. The van der Waals surface area contributed by atoms with Crippen LogP contribution < -0.4 is 0 Å². The molecule has 0 fully saturated rings. The van der Waals surface area contributed by atoms with Gasteiger partial charge in [-0.3, -0.25) is 0 Å². The molecule has 16 heavy (non-hydrogen) atoms. The van der Waals surface area contributed by atoms with Gasteiger partial charge in [-0.25, -0.2) is 9.37 Å². The van der Waals surface area contributed by atoms with Gasteiger partial charge in [-0.1, -0.05) is 6.07 Å². The molecule has 2 aromatic rings. The molecule has 0 amide bonds. The van der Waals surface area contributed by atoms with Gasteiger partial charge in [-0.05, 0) is 36.4 Å². The third-order valence-electron chi connectivity index (χ3n) is 2.05. The molecule has 0 aliphatic rings. The first kappa shape index (κ1) is 11.2. The first-order valence-electron chi connectivity index (χ1n) is 4.71. The maximum atomic E-state index is 13.6. The van der Waals surface area contributed by atoms with Crippen molar-refractivity contribution in [1.82, 2.24) is 4.98 Å². The highest BCUT2D eigenvalue weighted by Crippen LogP contribution is 2.29. The molecule has 3 nitrogen and oxygen atoms in total. The standard InChI is InChI=1S/C11H10FNO2S/c1-7(14)8-2-3-10(9(12)6-8)16-11-13-4-5-15-11/h2-7,14H,1H3/t7-/m0/s1. The van der Waals surface area contributed by atoms with E-state index in [9.17, 15) is 9.50 Å². The van der Waals surface area contributed by atoms with E-state index in [0.717, 1.165) is 11.8 Å². The van der Waals surface area contributed by atoms with Crippen LogP contribution in [0, 0.1) is 5.82 Å². The molecule has 0 saturated heterocycles. The first-order chi connectivity index (χ1) is 7.66. The maximum absolute atomic E-state index is 13.6. The molecule has 2 rings (SSSR count). The number of aliphatic hydroxyl groups excluding tert-OH is 1. The molecular weight excluding hydrogens is 229 g/mol. The van der Waals surface area contributed by atoms with E-state index in [4.69, 9.17) is 4.42 Å². The number of benzene rings is 1. The summed E-state index contributed by atoms with van der Waals surface area (Å²) in [7, 11) is 0. The zero-order valence-corrected chi connectivity index (χ0v) is 9.37. The van der Waals surface area contributed by atoms with Crippen molar-refractivity contribution in [3.8, 4) is 0 Å². The van der Waals surface area contributed by atoms with E-state index >= 15 is 0 Å². The number of hydrogen-bond acceptors (Lipinski definition) is 4. The quantitative estimate of drug-likeness (QED) is 0.894. The van der Waals surface area contributed by atoms with Crippen LogP contribution in [0.4, 0.5) is 4.39 Å². The normalized spacial score (nSPS) is 12.7. The average molecular weight is 239 g/mol. The Balaban J connectivity index is 2.23. The van der Waals surface area contributed by atoms with Crippen molar-refractivity contribution in [2.24, 2.45) is 0 Å². The maximum Gasteiger partial charge on any atom is 0.260 e. The van der Waals surface area contributed by atoms with Crippen LogP contribution in [0.3, 0.4) is 0 Å². The molecule has 1 aromatic heterocycles. The zero-order chi connectivity index (χ0) is 11.5. The number of hydrogen-bond donors (Lipinski definition) is 1. The van der Waals surface area contributed by atoms with Crippen LogP contribution in [0.15, 0.2) is 45.2 Å². The first-order valence-corrected chi connectivity index (χ1v) is 5.53. The van der Waals surface area contributed by atoms with Crippen molar-refractivity contribution in [3.63, 3.8) is 0 Å². The Bertz CT molecular complexity index is 471. The molecule has 1 N–H and O–H groups in total. The SMILES string of the molecule is C[C@H](O)c1ccc(Sc2ncco2)c(F)c1. The van der Waals surface area contributed by atoms with E-state index in [1.54, 1.807) is 19.1 Å². The third-order valence-corrected chi connectivity index (χ3v) is 2.97. The van der Waals surface area contributed by atoms with Gasteiger partial charge in [0.2, 0.25) is 0 Å². The molecule has 0 spiro atoms. The number of aromatic nitrogens is 1. The van der Waals surface area contributed by atoms with Crippen LogP contribution in [0.5, 0.6) is 0 Å². The van der Waals surface area contributed by atoms with Crippen LogP contribution >= 0.6 is 11.8 Å². The lowest BCUT2D eigenvalue weighted by atomic mass is 10.1. The lowest BCUT2D eigenvalue weighted by molar-refractivity contribution is 0.198. The van der Waals surface area contributed by atoms with Gasteiger partial charge in [0, 0.05) is 0 Å². The summed E-state index contributed by atoms with van der Waals surface area (Å²) in [6, 6.07) is 4.60. The van der Waals surface area contributed by atoms with Crippen molar-refractivity contribution in [2.45, 2.75) is 23.1 Å². The predicted octanol–water partition coefficient (Wildman–Crippen LogP) is 3.02. The highest BCUT2D eigenvalue weighted by molar-refractivity contribution is 7.99. The largest absolute Gasteiger partial charge is 0.440 e. The lowest BCUT2D eigenvalue weighted by Gasteiger charge is -2.06. The van der Waals surface area contributed by atoms with Gasteiger partial charge in [0.1, 0.15) is 12.1 Å². The van der Waals surface area contributed by atoms with Gasteiger partial charge >= 0.3 is 0 Å². The number of oxazole rings is 1. The van der Waals surface area contributed by atoms with Gasteiger partial charge in [0.05, 0.1) is 17.2 Å². The minimum Gasteiger partial charge on any atom is -0.440 e. The summed E-state index contributed by atoms with van der Waals surface area (Å²) in [4.78, 5) is 4.31. The van der Waals surface area contributed by atoms with Crippen LogP contribution in [-0.2, 0) is 0 Å². The van der Waals surface area contributed by atoms with Crippen LogP contribution in [0.2, 0.25) is 0 Å². The Morgan fingerprint density at radius 1 is 1.50 bits per heavy atom. The summed E-state index contributed by atoms with van der Waals surface area (Å²) in [5.41, 5.74) is 0.550. The second kappa shape index (κ2) is 4.67. The topological polar surface area (TPSA) is 46.3 Å². The molecule has 1 atom stereocenters. The van der Waals surface area contributed by atoms with E-state index in [1.807, 2.05) is 0 Å². The van der Waals surface area contributed by atoms with Crippen LogP contribution in [-0.4, -0.2) is 10.1 Å². The molecule has 0 unspecified atom stereocenters. The number of aliphatic hydroxyl groups is 1. The summed E-state index contributed by atoms with van der Waals surface area (Å²) < 4.78 is 18.6. The highest BCUT2D eigenvalue weighted by Gasteiger charge is 2.10. The zero-order valence-electron chi connectivity index (χ0n) is 8.55. The van der Waals surface area contributed by atoms with Crippen molar-refractivity contribution in [2.75, 3.05) is 0 Å². The van der Waals surface area contributed by atoms with Crippen molar-refractivity contribution in [1.29, 1.82) is 0 Å². The monoisotopic (exact) mass is 239 g/mol. The number of rotatable bonds is 3. The Labute approximate surface area is 96.3 Å².